The number of aryl methyl sites for hydroxylation is 1. The monoisotopic (exact) mass is 325 g/mol. The molecule has 2 aromatic rings. The van der Waals surface area contributed by atoms with Gasteiger partial charge in [0, 0.05) is 13.0 Å². The van der Waals surface area contributed by atoms with E-state index in [1.807, 2.05) is 36.4 Å². The number of nitrogens with one attached hydrogen (secondary N) is 1. The van der Waals surface area contributed by atoms with Gasteiger partial charge >= 0.3 is 0 Å². The van der Waals surface area contributed by atoms with E-state index in [1.165, 1.54) is 5.56 Å². The molecule has 0 spiro atoms. The Morgan fingerprint density at radius 2 is 1.54 bits per heavy atom. The van der Waals surface area contributed by atoms with Crippen molar-refractivity contribution in [1.29, 1.82) is 0 Å². The van der Waals surface area contributed by atoms with Crippen LogP contribution in [0.15, 0.2) is 60.7 Å². The summed E-state index contributed by atoms with van der Waals surface area (Å²) in [4.78, 5) is 11.8. The first kappa shape index (κ1) is 18.1. The SMILES string of the molecule is O=C(CCCCc1ccccc1)NCCCCOc1ccccc1. The van der Waals surface area contributed by atoms with Crippen LogP contribution in [-0.2, 0) is 11.2 Å². The first-order valence-corrected chi connectivity index (χ1v) is 8.83. The van der Waals surface area contributed by atoms with Gasteiger partial charge in [0.05, 0.1) is 6.61 Å². The minimum absolute atomic E-state index is 0.159. The molecule has 0 bridgehead atoms. The second-order valence-corrected chi connectivity index (χ2v) is 5.91. The number of para-hydroxylation sites is 1. The fraction of sp³-hybridized carbons (Fsp3) is 0.381. The third kappa shape index (κ3) is 7.82. The van der Waals surface area contributed by atoms with Crippen molar-refractivity contribution in [2.45, 2.75) is 38.5 Å². The van der Waals surface area contributed by atoms with Crippen molar-refractivity contribution < 1.29 is 9.53 Å². The summed E-state index contributed by atoms with van der Waals surface area (Å²) in [5.74, 6) is 1.06. The van der Waals surface area contributed by atoms with Crippen LogP contribution < -0.4 is 10.1 Å². The minimum atomic E-state index is 0.159. The van der Waals surface area contributed by atoms with Gasteiger partial charge in [0.15, 0.2) is 0 Å². The van der Waals surface area contributed by atoms with Crippen molar-refractivity contribution in [2.75, 3.05) is 13.2 Å². The van der Waals surface area contributed by atoms with E-state index >= 15 is 0 Å². The molecular weight excluding hydrogens is 298 g/mol. The van der Waals surface area contributed by atoms with Gasteiger partial charge < -0.3 is 10.1 Å². The molecule has 1 N–H and O–H groups in total. The van der Waals surface area contributed by atoms with Gasteiger partial charge in [-0.3, -0.25) is 4.79 Å². The van der Waals surface area contributed by atoms with Gasteiger partial charge in [0.25, 0.3) is 0 Å². The first-order chi connectivity index (χ1) is 11.8. The average molecular weight is 325 g/mol. The lowest BCUT2D eigenvalue weighted by Crippen LogP contribution is -2.24. The number of ether oxygens (including phenoxy) is 1. The largest absolute Gasteiger partial charge is 0.494 e. The topological polar surface area (TPSA) is 38.3 Å². The molecule has 24 heavy (non-hydrogen) atoms. The molecule has 0 aromatic heterocycles. The number of carbonyl (C=O) groups is 1. The van der Waals surface area contributed by atoms with Crippen LogP contribution in [0.25, 0.3) is 0 Å². The van der Waals surface area contributed by atoms with E-state index in [4.69, 9.17) is 4.74 Å². The Bertz CT molecular complexity index is 569. The molecule has 0 unspecified atom stereocenters. The van der Waals surface area contributed by atoms with Gasteiger partial charge in [-0.2, -0.15) is 0 Å². The molecule has 2 aromatic carbocycles. The predicted molar refractivity (Wildman–Crippen MR) is 98.2 cm³/mol. The quantitative estimate of drug-likeness (QED) is 0.623. The number of rotatable bonds is 11. The molecule has 0 radical (unpaired) electrons. The summed E-state index contributed by atoms with van der Waals surface area (Å²) >= 11 is 0. The van der Waals surface area contributed by atoms with E-state index < -0.39 is 0 Å². The third-order valence-electron chi connectivity index (χ3n) is 3.87. The first-order valence-electron chi connectivity index (χ1n) is 8.83. The van der Waals surface area contributed by atoms with Gasteiger partial charge in [-0.05, 0) is 49.8 Å². The highest BCUT2D eigenvalue weighted by molar-refractivity contribution is 5.75. The van der Waals surface area contributed by atoms with Gasteiger partial charge in [-0.25, -0.2) is 0 Å². The molecule has 0 heterocycles. The highest BCUT2D eigenvalue weighted by Crippen LogP contribution is 2.09. The molecule has 0 aliphatic heterocycles. The van der Waals surface area contributed by atoms with E-state index in [9.17, 15) is 4.79 Å². The maximum Gasteiger partial charge on any atom is 0.219 e. The van der Waals surface area contributed by atoms with Crippen LogP contribution in [-0.4, -0.2) is 19.1 Å². The average Bonchev–Trinajstić information content (AvgIpc) is 2.63. The van der Waals surface area contributed by atoms with Crippen molar-refractivity contribution in [1.82, 2.24) is 5.32 Å². The number of hydrogen-bond acceptors (Lipinski definition) is 2. The van der Waals surface area contributed by atoms with Crippen molar-refractivity contribution in [3.63, 3.8) is 0 Å². The zero-order chi connectivity index (χ0) is 16.9. The van der Waals surface area contributed by atoms with Crippen molar-refractivity contribution in [2.24, 2.45) is 0 Å². The summed E-state index contributed by atoms with van der Waals surface area (Å²) in [7, 11) is 0. The van der Waals surface area contributed by atoms with Crippen LogP contribution in [0.4, 0.5) is 0 Å². The Labute approximate surface area is 145 Å². The van der Waals surface area contributed by atoms with Crippen LogP contribution in [0, 0.1) is 0 Å². The molecule has 0 aliphatic carbocycles. The Balaban J connectivity index is 1.42. The molecule has 0 saturated heterocycles. The summed E-state index contributed by atoms with van der Waals surface area (Å²) in [6.07, 6.45) is 5.56. The molecule has 128 valence electrons. The molecule has 2 rings (SSSR count). The summed E-state index contributed by atoms with van der Waals surface area (Å²) in [5.41, 5.74) is 1.34. The van der Waals surface area contributed by atoms with E-state index in [-0.39, 0.29) is 5.91 Å². The van der Waals surface area contributed by atoms with Crippen LogP contribution in [0.1, 0.15) is 37.7 Å². The molecule has 0 aliphatic rings. The molecule has 0 saturated carbocycles. The van der Waals surface area contributed by atoms with E-state index in [2.05, 4.69) is 29.6 Å². The predicted octanol–water partition coefficient (Wildman–Crippen LogP) is 4.37. The molecule has 0 fully saturated rings. The van der Waals surface area contributed by atoms with Crippen LogP contribution in [0.5, 0.6) is 5.75 Å². The number of benzene rings is 2. The normalized spacial score (nSPS) is 10.3. The van der Waals surface area contributed by atoms with Crippen LogP contribution in [0.2, 0.25) is 0 Å². The lowest BCUT2D eigenvalue weighted by Gasteiger charge is -2.07. The standard InChI is InChI=1S/C21H27NO2/c23-21(16-8-7-13-19-11-3-1-4-12-19)22-17-9-10-18-24-20-14-5-2-6-15-20/h1-6,11-12,14-15H,7-10,13,16-18H2,(H,22,23). The zero-order valence-electron chi connectivity index (χ0n) is 14.2. The Kier molecular flexibility index (Phi) is 8.48. The Morgan fingerprint density at radius 3 is 2.29 bits per heavy atom. The lowest BCUT2D eigenvalue weighted by atomic mass is 10.1. The Morgan fingerprint density at radius 1 is 0.833 bits per heavy atom. The summed E-state index contributed by atoms with van der Waals surface area (Å²) in [6.45, 7) is 1.42. The second-order valence-electron chi connectivity index (χ2n) is 5.91. The highest BCUT2D eigenvalue weighted by atomic mass is 16.5. The minimum Gasteiger partial charge on any atom is -0.494 e. The molecule has 3 nitrogen and oxygen atoms in total. The van der Waals surface area contributed by atoms with Crippen LogP contribution in [0.3, 0.4) is 0 Å². The highest BCUT2D eigenvalue weighted by Gasteiger charge is 2.01. The second kappa shape index (κ2) is 11.3. The fourth-order valence-electron chi connectivity index (χ4n) is 2.51. The van der Waals surface area contributed by atoms with Gasteiger partial charge in [-0.1, -0.05) is 48.5 Å². The van der Waals surface area contributed by atoms with E-state index in [1.54, 1.807) is 0 Å². The maximum absolute atomic E-state index is 11.8. The molecule has 3 heteroatoms. The van der Waals surface area contributed by atoms with Gasteiger partial charge in [0.1, 0.15) is 5.75 Å². The van der Waals surface area contributed by atoms with Gasteiger partial charge in [-0.15, -0.1) is 0 Å². The van der Waals surface area contributed by atoms with Crippen molar-refractivity contribution in [3.8, 4) is 5.75 Å². The van der Waals surface area contributed by atoms with Gasteiger partial charge in [0.2, 0.25) is 5.91 Å². The molecule has 0 atom stereocenters. The summed E-state index contributed by atoms with van der Waals surface area (Å²) in [6, 6.07) is 20.2. The number of carbonyl (C=O) groups excluding carboxylic acids is 1. The van der Waals surface area contributed by atoms with Crippen molar-refractivity contribution >= 4 is 5.91 Å². The van der Waals surface area contributed by atoms with Crippen LogP contribution >= 0.6 is 0 Å². The number of hydrogen-bond donors (Lipinski definition) is 1. The van der Waals surface area contributed by atoms with Crippen molar-refractivity contribution in [3.05, 3.63) is 66.2 Å². The maximum atomic E-state index is 11.8. The number of amides is 1. The summed E-state index contributed by atoms with van der Waals surface area (Å²) in [5, 5.41) is 2.99. The fourth-order valence-corrected chi connectivity index (χ4v) is 2.51. The molecule has 1 amide bonds. The zero-order valence-corrected chi connectivity index (χ0v) is 14.2. The smallest absolute Gasteiger partial charge is 0.219 e. The lowest BCUT2D eigenvalue weighted by molar-refractivity contribution is -0.121. The third-order valence-corrected chi connectivity index (χ3v) is 3.87. The number of unbranched alkanes of at least 4 members (excludes halogenated alkanes) is 2. The van der Waals surface area contributed by atoms with E-state index in [0.29, 0.717) is 13.0 Å². The van der Waals surface area contributed by atoms with E-state index in [0.717, 1.165) is 44.4 Å². The summed E-state index contributed by atoms with van der Waals surface area (Å²) < 4.78 is 5.62. The molecular formula is C21H27NO2. The Hall–Kier alpha value is -2.29.